The van der Waals surface area contributed by atoms with Crippen LogP contribution in [0.25, 0.3) is 0 Å². The van der Waals surface area contributed by atoms with Gasteiger partial charge in [0.2, 0.25) is 5.82 Å². The minimum Gasteiger partial charge on any atom is -0.203 e. The third kappa shape index (κ3) is 3.27. The van der Waals surface area contributed by atoms with Crippen LogP contribution in [0.4, 0.5) is 35.1 Å². The minimum atomic E-state index is -4.59. The van der Waals surface area contributed by atoms with Gasteiger partial charge in [0, 0.05) is 11.3 Å². The Morgan fingerprint density at radius 3 is 1.50 bits per heavy atom. The Labute approximate surface area is 100.0 Å². The first-order valence-electron chi connectivity index (χ1n) is 4.30. The predicted octanol–water partition coefficient (Wildman–Crippen LogP) is 4.18. The molecule has 1 rings (SSSR count). The molecule has 102 valence electrons. The van der Waals surface area contributed by atoms with Crippen molar-refractivity contribution >= 4 is 11.8 Å². The summed E-state index contributed by atoms with van der Waals surface area (Å²) >= 11 is 0.00410. The van der Waals surface area contributed by atoms with Crippen LogP contribution in [0.1, 0.15) is 5.56 Å². The normalized spacial score (nSPS) is 12.0. The first-order chi connectivity index (χ1) is 8.15. The second-order valence-corrected chi connectivity index (χ2v) is 4.14. The Kier molecular flexibility index (Phi) is 4.46. The maximum atomic E-state index is 13.0. The van der Waals surface area contributed by atoms with E-state index in [1.807, 2.05) is 0 Å². The second-order valence-electron chi connectivity index (χ2n) is 3.16. The Balaban J connectivity index is 2.96. The zero-order valence-electron chi connectivity index (χ0n) is 8.35. The molecule has 0 heterocycles. The van der Waals surface area contributed by atoms with Crippen molar-refractivity contribution in [1.82, 2.24) is 0 Å². The van der Waals surface area contributed by atoms with Gasteiger partial charge in [0.05, 0.1) is 5.75 Å². The molecule has 0 N–H and O–H groups in total. The number of benzene rings is 1. The number of halogens is 8. The summed E-state index contributed by atoms with van der Waals surface area (Å²) in [5.41, 5.74) is -1.26. The summed E-state index contributed by atoms with van der Waals surface area (Å²) in [5.74, 6) is -13.3. The zero-order valence-corrected chi connectivity index (χ0v) is 9.16. The highest BCUT2D eigenvalue weighted by atomic mass is 32.2. The predicted molar refractivity (Wildman–Crippen MR) is 48.4 cm³/mol. The average molecular weight is 296 g/mol. The third-order valence-corrected chi connectivity index (χ3v) is 2.84. The van der Waals surface area contributed by atoms with Gasteiger partial charge in [0.1, 0.15) is 0 Å². The fourth-order valence-corrected chi connectivity index (χ4v) is 1.84. The fraction of sp³-hybridized carbons (Fsp3) is 0.333. The molecule has 0 spiro atoms. The van der Waals surface area contributed by atoms with Crippen molar-refractivity contribution in [2.45, 2.75) is 11.9 Å². The first kappa shape index (κ1) is 15.1. The van der Waals surface area contributed by atoms with Crippen molar-refractivity contribution in [2.75, 3.05) is 5.75 Å². The summed E-state index contributed by atoms with van der Waals surface area (Å²) in [6, 6.07) is 0. The van der Waals surface area contributed by atoms with Gasteiger partial charge >= 0.3 is 6.18 Å². The van der Waals surface area contributed by atoms with Gasteiger partial charge in [-0.15, -0.1) is 11.8 Å². The van der Waals surface area contributed by atoms with Crippen LogP contribution in [0.2, 0.25) is 0 Å². The molecule has 0 aliphatic heterocycles. The Hall–Kier alpha value is -0.990. The number of alkyl halides is 3. The van der Waals surface area contributed by atoms with E-state index in [4.69, 9.17) is 0 Å². The lowest BCUT2D eigenvalue weighted by Gasteiger charge is -2.09. The summed E-state index contributed by atoms with van der Waals surface area (Å²) in [5, 5.41) is 0. The van der Waals surface area contributed by atoms with Gasteiger partial charge in [-0.2, -0.15) is 13.2 Å². The van der Waals surface area contributed by atoms with Gasteiger partial charge in [0.25, 0.3) is 0 Å². The third-order valence-electron chi connectivity index (χ3n) is 1.81. The SMILES string of the molecule is Fc1c(F)c(F)c(CSCC(F)(F)F)c(F)c1F. The lowest BCUT2D eigenvalue weighted by molar-refractivity contribution is -0.105. The van der Waals surface area contributed by atoms with Crippen LogP contribution >= 0.6 is 11.8 Å². The molecule has 18 heavy (non-hydrogen) atoms. The van der Waals surface area contributed by atoms with Crippen LogP contribution in [0.15, 0.2) is 0 Å². The summed E-state index contributed by atoms with van der Waals surface area (Å²) in [7, 11) is 0. The van der Waals surface area contributed by atoms with Gasteiger partial charge in [-0.1, -0.05) is 0 Å². The number of thioether (sulfide) groups is 1. The molecule has 0 saturated carbocycles. The number of hydrogen-bond donors (Lipinski definition) is 0. The molecule has 0 fully saturated rings. The van der Waals surface area contributed by atoms with E-state index < -0.39 is 52.3 Å². The van der Waals surface area contributed by atoms with E-state index in [0.717, 1.165) is 0 Å². The molecule has 0 bridgehead atoms. The summed E-state index contributed by atoms with van der Waals surface area (Å²) in [6.07, 6.45) is -4.59. The van der Waals surface area contributed by atoms with Crippen molar-refractivity contribution in [2.24, 2.45) is 0 Å². The summed E-state index contributed by atoms with van der Waals surface area (Å²) in [6.45, 7) is 0. The van der Waals surface area contributed by atoms with E-state index in [0.29, 0.717) is 0 Å². The Morgan fingerprint density at radius 1 is 0.722 bits per heavy atom. The van der Waals surface area contributed by atoms with Crippen LogP contribution in [0.3, 0.4) is 0 Å². The maximum Gasteiger partial charge on any atom is 0.397 e. The summed E-state index contributed by atoms with van der Waals surface area (Å²) < 4.78 is 99.2. The zero-order chi connectivity index (χ0) is 14.1. The van der Waals surface area contributed by atoms with Crippen molar-refractivity contribution in [3.63, 3.8) is 0 Å². The van der Waals surface area contributed by atoms with Crippen molar-refractivity contribution in [3.05, 3.63) is 34.6 Å². The molecular weight excluding hydrogens is 292 g/mol. The molecule has 1 aromatic rings. The maximum absolute atomic E-state index is 13.0. The Bertz CT molecular complexity index is 424. The monoisotopic (exact) mass is 296 g/mol. The van der Waals surface area contributed by atoms with Crippen LogP contribution in [0.5, 0.6) is 0 Å². The standard InChI is InChI=1S/C9H4F8S/c10-4-3(1-18-2-9(15,16)17)5(11)7(13)8(14)6(4)12/h1-2H2. The highest BCUT2D eigenvalue weighted by Crippen LogP contribution is 2.29. The van der Waals surface area contributed by atoms with E-state index in [2.05, 4.69) is 0 Å². The van der Waals surface area contributed by atoms with Crippen LogP contribution in [-0.2, 0) is 5.75 Å². The smallest absolute Gasteiger partial charge is 0.203 e. The largest absolute Gasteiger partial charge is 0.397 e. The molecule has 0 saturated heterocycles. The van der Waals surface area contributed by atoms with Crippen LogP contribution < -0.4 is 0 Å². The lowest BCUT2D eigenvalue weighted by atomic mass is 10.2. The second kappa shape index (κ2) is 5.33. The van der Waals surface area contributed by atoms with E-state index >= 15 is 0 Å². The van der Waals surface area contributed by atoms with Crippen molar-refractivity contribution in [1.29, 1.82) is 0 Å². The molecule has 0 aromatic heterocycles. The van der Waals surface area contributed by atoms with Gasteiger partial charge < -0.3 is 0 Å². The molecule has 0 amide bonds. The average Bonchev–Trinajstić information content (AvgIpc) is 2.27. The molecular formula is C9H4F8S. The molecule has 0 radical (unpaired) electrons. The summed E-state index contributed by atoms with van der Waals surface area (Å²) in [4.78, 5) is 0. The quantitative estimate of drug-likeness (QED) is 0.458. The molecule has 0 aliphatic carbocycles. The van der Waals surface area contributed by atoms with E-state index in [1.165, 1.54) is 0 Å². The highest BCUT2D eigenvalue weighted by Gasteiger charge is 2.29. The van der Waals surface area contributed by atoms with E-state index in [1.54, 1.807) is 0 Å². The minimum absolute atomic E-state index is 0.00410. The van der Waals surface area contributed by atoms with Crippen molar-refractivity contribution in [3.8, 4) is 0 Å². The van der Waals surface area contributed by atoms with Gasteiger partial charge in [-0.05, 0) is 0 Å². The molecule has 0 atom stereocenters. The van der Waals surface area contributed by atoms with Gasteiger partial charge in [0.15, 0.2) is 23.3 Å². The first-order valence-corrected chi connectivity index (χ1v) is 5.45. The molecule has 1 aromatic carbocycles. The lowest BCUT2D eigenvalue weighted by Crippen LogP contribution is -2.12. The molecule has 0 unspecified atom stereocenters. The van der Waals surface area contributed by atoms with E-state index in [9.17, 15) is 35.1 Å². The number of rotatable bonds is 3. The highest BCUT2D eigenvalue weighted by molar-refractivity contribution is 7.98. The molecule has 9 heteroatoms. The fourth-order valence-electron chi connectivity index (χ4n) is 1.05. The van der Waals surface area contributed by atoms with Gasteiger partial charge in [-0.25, -0.2) is 22.0 Å². The molecule has 0 aliphatic rings. The van der Waals surface area contributed by atoms with Crippen LogP contribution in [0, 0.1) is 29.1 Å². The number of hydrogen-bond acceptors (Lipinski definition) is 1. The Morgan fingerprint density at radius 2 is 1.11 bits per heavy atom. The van der Waals surface area contributed by atoms with Gasteiger partial charge in [-0.3, -0.25) is 0 Å². The molecule has 0 nitrogen and oxygen atoms in total. The topological polar surface area (TPSA) is 0 Å². The van der Waals surface area contributed by atoms with E-state index in [-0.39, 0.29) is 11.8 Å². The van der Waals surface area contributed by atoms with Crippen molar-refractivity contribution < 1.29 is 35.1 Å². The van der Waals surface area contributed by atoms with Crippen LogP contribution in [-0.4, -0.2) is 11.9 Å².